The summed E-state index contributed by atoms with van der Waals surface area (Å²) in [5.41, 5.74) is 6.00. The minimum Gasteiger partial charge on any atom is -0.477 e. The second kappa shape index (κ2) is 6.58. The summed E-state index contributed by atoms with van der Waals surface area (Å²) in [6.07, 6.45) is -0.445. The van der Waals surface area contributed by atoms with Crippen LogP contribution in [0.25, 0.3) is 0 Å². The van der Waals surface area contributed by atoms with Crippen LogP contribution in [0.2, 0.25) is 0 Å². The topological polar surface area (TPSA) is 84.7 Å². The summed E-state index contributed by atoms with van der Waals surface area (Å²) in [6, 6.07) is 7.50. The van der Waals surface area contributed by atoms with Crippen molar-refractivity contribution in [2.45, 2.75) is 32.4 Å². The van der Waals surface area contributed by atoms with Gasteiger partial charge in [0.1, 0.15) is 5.75 Å². The highest BCUT2D eigenvalue weighted by molar-refractivity contribution is 5.97. The molecular formula is C15H21N3O3. The number of nitrogens with one attached hydrogen (secondary N) is 1. The van der Waals surface area contributed by atoms with E-state index in [1.807, 2.05) is 19.9 Å². The molecule has 2 rings (SSSR count). The number of para-hydroxylation sites is 2. The van der Waals surface area contributed by atoms with Gasteiger partial charge in [0.2, 0.25) is 5.91 Å². The van der Waals surface area contributed by atoms with E-state index >= 15 is 0 Å². The lowest BCUT2D eigenvalue weighted by Crippen LogP contribution is -2.49. The number of carbonyl (C=O) groups excluding carboxylic acids is 2. The minimum absolute atomic E-state index is 0.0508. The SMILES string of the molecule is CC(C)NCCC(=O)N1CC(C(N)=O)Oc2ccccc21. The largest absolute Gasteiger partial charge is 0.477 e. The zero-order chi connectivity index (χ0) is 15.4. The van der Waals surface area contributed by atoms with Crippen molar-refractivity contribution in [2.24, 2.45) is 5.73 Å². The first kappa shape index (κ1) is 15.3. The quantitative estimate of drug-likeness (QED) is 0.834. The number of amides is 2. The number of anilines is 1. The molecule has 1 aromatic carbocycles. The van der Waals surface area contributed by atoms with Gasteiger partial charge in [0.05, 0.1) is 12.2 Å². The molecule has 0 bridgehead atoms. The van der Waals surface area contributed by atoms with E-state index in [1.54, 1.807) is 23.1 Å². The van der Waals surface area contributed by atoms with Gasteiger partial charge >= 0.3 is 0 Å². The maximum absolute atomic E-state index is 12.4. The molecule has 21 heavy (non-hydrogen) atoms. The number of hydrogen-bond acceptors (Lipinski definition) is 4. The lowest BCUT2D eigenvalue weighted by atomic mass is 10.1. The Kier molecular flexibility index (Phi) is 4.80. The molecule has 0 saturated heterocycles. The molecular weight excluding hydrogens is 270 g/mol. The van der Waals surface area contributed by atoms with Crippen LogP contribution in [0.1, 0.15) is 20.3 Å². The summed E-state index contributed by atoms with van der Waals surface area (Å²) in [4.78, 5) is 25.4. The molecule has 2 amide bonds. The van der Waals surface area contributed by atoms with Crippen molar-refractivity contribution in [1.82, 2.24) is 5.32 Å². The Labute approximate surface area is 124 Å². The summed E-state index contributed by atoms with van der Waals surface area (Å²) in [7, 11) is 0. The predicted molar refractivity (Wildman–Crippen MR) is 80.2 cm³/mol. The Morgan fingerprint density at radius 2 is 2.14 bits per heavy atom. The van der Waals surface area contributed by atoms with Gasteiger partial charge in [-0.3, -0.25) is 9.59 Å². The molecule has 114 valence electrons. The number of nitrogens with two attached hydrogens (primary N) is 1. The number of fused-ring (bicyclic) bond motifs is 1. The number of hydrogen-bond donors (Lipinski definition) is 2. The van der Waals surface area contributed by atoms with Crippen LogP contribution in [0.4, 0.5) is 5.69 Å². The van der Waals surface area contributed by atoms with Gasteiger partial charge in [-0.2, -0.15) is 0 Å². The normalized spacial score (nSPS) is 17.3. The van der Waals surface area contributed by atoms with Gasteiger partial charge in [-0.25, -0.2) is 0 Å². The Hall–Kier alpha value is -2.08. The molecule has 0 saturated carbocycles. The molecule has 1 heterocycles. The number of benzene rings is 1. The van der Waals surface area contributed by atoms with Crippen LogP contribution in [-0.4, -0.2) is 37.0 Å². The molecule has 1 aliphatic rings. The second-order valence-corrected chi connectivity index (χ2v) is 5.34. The maximum atomic E-state index is 12.4. The highest BCUT2D eigenvalue weighted by Crippen LogP contribution is 2.33. The van der Waals surface area contributed by atoms with Crippen LogP contribution < -0.4 is 20.7 Å². The lowest BCUT2D eigenvalue weighted by molar-refractivity contribution is -0.125. The van der Waals surface area contributed by atoms with Crippen LogP contribution in [-0.2, 0) is 9.59 Å². The number of carbonyl (C=O) groups is 2. The predicted octanol–water partition coefficient (Wildman–Crippen LogP) is 0.654. The van der Waals surface area contributed by atoms with Crippen LogP contribution in [0.15, 0.2) is 24.3 Å². The standard InChI is InChI=1S/C15H21N3O3/c1-10(2)17-8-7-14(19)18-9-13(15(16)20)21-12-6-4-3-5-11(12)18/h3-6,10,13,17H,7-9H2,1-2H3,(H2,16,20). The van der Waals surface area contributed by atoms with Crippen molar-refractivity contribution in [1.29, 1.82) is 0 Å². The van der Waals surface area contributed by atoms with Crippen molar-refractivity contribution in [3.05, 3.63) is 24.3 Å². The van der Waals surface area contributed by atoms with Gasteiger partial charge in [0.15, 0.2) is 6.10 Å². The monoisotopic (exact) mass is 291 g/mol. The van der Waals surface area contributed by atoms with Gasteiger partial charge in [-0.15, -0.1) is 0 Å². The van der Waals surface area contributed by atoms with Gasteiger partial charge in [0.25, 0.3) is 5.91 Å². The zero-order valence-electron chi connectivity index (χ0n) is 12.3. The second-order valence-electron chi connectivity index (χ2n) is 5.34. The third kappa shape index (κ3) is 3.72. The highest BCUT2D eigenvalue weighted by atomic mass is 16.5. The lowest BCUT2D eigenvalue weighted by Gasteiger charge is -2.33. The van der Waals surface area contributed by atoms with E-state index < -0.39 is 12.0 Å². The van der Waals surface area contributed by atoms with Crippen LogP contribution >= 0.6 is 0 Å². The summed E-state index contributed by atoms with van der Waals surface area (Å²) in [6.45, 7) is 4.80. The van der Waals surface area contributed by atoms with E-state index in [0.717, 1.165) is 0 Å². The van der Waals surface area contributed by atoms with Crippen molar-refractivity contribution < 1.29 is 14.3 Å². The first-order valence-electron chi connectivity index (χ1n) is 7.07. The first-order chi connectivity index (χ1) is 9.99. The molecule has 6 heteroatoms. The van der Waals surface area contributed by atoms with Crippen LogP contribution in [0.5, 0.6) is 5.75 Å². The fourth-order valence-electron chi connectivity index (χ4n) is 2.22. The summed E-state index contributed by atoms with van der Waals surface area (Å²) >= 11 is 0. The zero-order valence-corrected chi connectivity index (χ0v) is 12.3. The van der Waals surface area contributed by atoms with Gasteiger partial charge in [-0.1, -0.05) is 26.0 Å². The summed E-state index contributed by atoms with van der Waals surface area (Å²) in [5.74, 6) is -0.106. The van der Waals surface area contributed by atoms with Crippen molar-refractivity contribution in [2.75, 3.05) is 18.0 Å². The number of nitrogens with zero attached hydrogens (tertiary/aromatic N) is 1. The van der Waals surface area contributed by atoms with Gasteiger partial charge < -0.3 is 20.7 Å². The first-order valence-corrected chi connectivity index (χ1v) is 7.07. The van der Waals surface area contributed by atoms with Crippen molar-refractivity contribution in [3.63, 3.8) is 0 Å². The number of primary amides is 1. The van der Waals surface area contributed by atoms with Gasteiger partial charge in [-0.05, 0) is 12.1 Å². The average Bonchev–Trinajstić information content (AvgIpc) is 2.45. The van der Waals surface area contributed by atoms with Crippen LogP contribution in [0, 0.1) is 0 Å². The summed E-state index contributed by atoms with van der Waals surface area (Å²) < 4.78 is 5.53. The molecule has 0 fully saturated rings. The average molecular weight is 291 g/mol. The number of rotatable bonds is 5. The minimum atomic E-state index is -0.804. The Morgan fingerprint density at radius 1 is 1.43 bits per heavy atom. The molecule has 0 radical (unpaired) electrons. The Morgan fingerprint density at radius 3 is 2.81 bits per heavy atom. The van der Waals surface area contributed by atoms with E-state index in [-0.39, 0.29) is 12.5 Å². The molecule has 1 atom stereocenters. The van der Waals surface area contributed by atoms with Crippen molar-refractivity contribution >= 4 is 17.5 Å². The third-order valence-corrected chi connectivity index (χ3v) is 3.28. The summed E-state index contributed by atoms with van der Waals surface area (Å²) in [5, 5.41) is 3.20. The molecule has 1 unspecified atom stereocenters. The van der Waals surface area contributed by atoms with Gasteiger partial charge in [0, 0.05) is 19.0 Å². The molecule has 3 N–H and O–H groups in total. The smallest absolute Gasteiger partial charge is 0.260 e. The van der Waals surface area contributed by atoms with Crippen LogP contribution in [0.3, 0.4) is 0 Å². The Bertz CT molecular complexity index is 531. The van der Waals surface area contributed by atoms with E-state index in [9.17, 15) is 9.59 Å². The number of ether oxygens (including phenoxy) is 1. The molecule has 1 aliphatic heterocycles. The maximum Gasteiger partial charge on any atom is 0.260 e. The molecule has 0 aliphatic carbocycles. The molecule has 1 aromatic rings. The fourth-order valence-corrected chi connectivity index (χ4v) is 2.22. The van der Waals surface area contributed by atoms with E-state index in [1.165, 1.54) is 0 Å². The van der Waals surface area contributed by atoms with E-state index in [2.05, 4.69) is 5.32 Å². The van der Waals surface area contributed by atoms with E-state index in [4.69, 9.17) is 10.5 Å². The third-order valence-electron chi connectivity index (χ3n) is 3.28. The molecule has 6 nitrogen and oxygen atoms in total. The molecule has 0 aromatic heterocycles. The highest BCUT2D eigenvalue weighted by Gasteiger charge is 2.32. The van der Waals surface area contributed by atoms with Crippen molar-refractivity contribution in [3.8, 4) is 5.75 Å². The molecule has 0 spiro atoms. The van der Waals surface area contributed by atoms with E-state index in [0.29, 0.717) is 30.4 Å². The fraction of sp³-hybridized carbons (Fsp3) is 0.467. The Balaban J connectivity index is 2.13.